The molecule has 0 fully saturated rings. The summed E-state index contributed by atoms with van der Waals surface area (Å²) in [5.74, 6) is -0.825. The Kier molecular flexibility index (Phi) is 5.43. The Morgan fingerprint density at radius 2 is 1.48 bits per heavy atom. The lowest BCUT2D eigenvalue weighted by Crippen LogP contribution is -2.24. The van der Waals surface area contributed by atoms with Gasteiger partial charge in [-0.25, -0.2) is 8.78 Å². The average Bonchev–Trinajstić information content (AvgIpc) is 3.06. The second-order valence-electron chi connectivity index (χ2n) is 6.77. The van der Waals surface area contributed by atoms with Gasteiger partial charge in [-0.1, -0.05) is 35.3 Å². The number of halogens is 4. The lowest BCUT2D eigenvalue weighted by molar-refractivity contribution is 0.592. The number of fused-ring (bicyclic) bond motifs is 1. The van der Waals surface area contributed by atoms with E-state index >= 15 is 0 Å². The van der Waals surface area contributed by atoms with Crippen molar-refractivity contribution in [1.29, 1.82) is 0 Å². The standard InChI is InChI=1S/C22H17Cl2F2N3/c1-28-22-9-8-15(10-14(22)11-27-28)29(12-16-18(23)4-2-6-20(16)25)13-17-19(24)5-3-7-21(17)26/h2-11H,12-13H2,1H3. The summed E-state index contributed by atoms with van der Waals surface area (Å²) in [6, 6.07) is 14.9. The van der Waals surface area contributed by atoms with E-state index in [0.29, 0.717) is 21.2 Å². The van der Waals surface area contributed by atoms with Gasteiger partial charge < -0.3 is 4.90 Å². The van der Waals surface area contributed by atoms with Gasteiger partial charge in [-0.3, -0.25) is 4.68 Å². The van der Waals surface area contributed by atoms with Crippen molar-refractivity contribution in [3.05, 3.63) is 93.6 Å². The van der Waals surface area contributed by atoms with E-state index in [0.717, 1.165) is 16.6 Å². The molecule has 0 saturated heterocycles. The van der Waals surface area contributed by atoms with Crippen LogP contribution < -0.4 is 4.90 Å². The third-order valence-electron chi connectivity index (χ3n) is 4.92. The van der Waals surface area contributed by atoms with Gasteiger partial charge in [-0.15, -0.1) is 0 Å². The van der Waals surface area contributed by atoms with Crippen LogP contribution in [0, 0.1) is 11.6 Å². The third kappa shape index (κ3) is 3.93. The molecule has 7 heteroatoms. The second-order valence-corrected chi connectivity index (χ2v) is 7.58. The molecule has 0 aliphatic rings. The van der Waals surface area contributed by atoms with Crippen molar-refractivity contribution < 1.29 is 8.78 Å². The van der Waals surface area contributed by atoms with Crippen LogP contribution in [-0.2, 0) is 20.1 Å². The first-order valence-corrected chi connectivity index (χ1v) is 9.72. The van der Waals surface area contributed by atoms with Crippen LogP contribution in [0.25, 0.3) is 10.9 Å². The first-order chi connectivity index (χ1) is 13.9. The Balaban J connectivity index is 1.79. The highest BCUT2D eigenvalue weighted by Crippen LogP contribution is 2.30. The highest BCUT2D eigenvalue weighted by atomic mass is 35.5. The molecule has 0 aliphatic heterocycles. The summed E-state index contributed by atoms with van der Waals surface area (Å²) >= 11 is 12.5. The van der Waals surface area contributed by atoms with Crippen LogP contribution in [0.3, 0.4) is 0 Å². The summed E-state index contributed by atoms with van der Waals surface area (Å²) in [4.78, 5) is 1.85. The van der Waals surface area contributed by atoms with Crippen molar-refractivity contribution in [3.8, 4) is 0 Å². The molecule has 0 amide bonds. The second kappa shape index (κ2) is 8.01. The number of rotatable bonds is 5. The van der Waals surface area contributed by atoms with E-state index in [1.165, 1.54) is 12.1 Å². The van der Waals surface area contributed by atoms with Crippen LogP contribution in [-0.4, -0.2) is 9.78 Å². The molecular formula is C22H17Cl2F2N3. The molecule has 148 valence electrons. The van der Waals surface area contributed by atoms with E-state index in [2.05, 4.69) is 5.10 Å². The maximum absolute atomic E-state index is 14.5. The molecule has 0 spiro atoms. The van der Waals surface area contributed by atoms with Crippen LogP contribution >= 0.6 is 23.2 Å². The van der Waals surface area contributed by atoms with Crippen molar-refractivity contribution in [1.82, 2.24) is 9.78 Å². The molecule has 0 N–H and O–H groups in total. The lowest BCUT2D eigenvalue weighted by Gasteiger charge is -2.26. The van der Waals surface area contributed by atoms with Crippen LogP contribution in [0.4, 0.5) is 14.5 Å². The van der Waals surface area contributed by atoms with E-state index < -0.39 is 11.6 Å². The van der Waals surface area contributed by atoms with Crippen LogP contribution in [0.2, 0.25) is 10.0 Å². The summed E-state index contributed by atoms with van der Waals surface area (Å²) in [5.41, 5.74) is 2.42. The van der Waals surface area contributed by atoms with E-state index in [9.17, 15) is 8.78 Å². The van der Waals surface area contributed by atoms with Crippen molar-refractivity contribution >= 4 is 39.8 Å². The maximum atomic E-state index is 14.5. The molecule has 4 rings (SSSR count). The average molecular weight is 432 g/mol. The summed E-state index contributed by atoms with van der Waals surface area (Å²) in [6.07, 6.45) is 1.75. The highest BCUT2D eigenvalue weighted by molar-refractivity contribution is 6.31. The number of aromatic nitrogens is 2. The van der Waals surface area contributed by atoms with Gasteiger partial charge in [0.25, 0.3) is 0 Å². The molecule has 3 nitrogen and oxygen atoms in total. The van der Waals surface area contributed by atoms with Crippen molar-refractivity contribution in [2.75, 3.05) is 4.90 Å². The Bertz CT molecular complexity index is 1100. The predicted molar refractivity (Wildman–Crippen MR) is 113 cm³/mol. The van der Waals surface area contributed by atoms with E-state index in [1.807, 2.05) is 30.1 Å². The molecule has 0 bridgehead atoms. The Morgan fingerprint density at radius 1 is 0.897 bits per heavy atom. The van der Waals surface area contributed by atoms with Gasteiger partial charge in [0.2, 0.25) is 0 Å². The monoisotopic (exact) mass is 431 g/mol. The van der Waals surface area contributed by atoms with Gasteiger partial charge >= 0.3 is 0 Å². The first-order valence-electron chi connectivity index (χ1n) is 8.96. The zero-order valence-corrected chi connectivity index (χ0v) is 17.1. The molecule has 0 radical (unpaired) electrons. The number of benzene rings is 3. The highest BCUT2D eigenvalue weighted by Gasteiger charge is 2.18. The third-order valence-corrected chi connectivity index (χ3v) is 5.62. The SMILES string of the molecule is Cn1ncc2cc(N(Cc3c(F)cccc3Cl)Cc3c(F)cccc3Cl)ccc21. The number of hydrogen-bond donors (Lipinski definition) is 0. The number of aryl methyl sites for hydroxylation is 1. The smallest absolute Gasteiger partial charge is 0.129 e. The normalized spacial score (nSPS) is 11.2. The zero-order valence-electron chi connectivity index (χ0n) is 15.5. The maximum Gasteiger partial charge on any atom is 0.129 e. The van der Waals surface area contributed by atoms with Gasteiger partial charge in [0.1, 0.15) is 11.6 Å². The van der Waals surface area contributed by atoms with E-state index in [4.69, 9.17) is 23.2 Å². The van der Waals surface area contributed by atoms with Gasteiger partial charge in [0.05, 0.1) is 11.7 Å². The number of anilines is 1. The van der Waals surface area contributed by atoms with Gasteiger partial charge in [-0.2, -0.15) is 5.10 Å². The van der Waals surface area contributed by atoms with Crippen LogP contribution in [0.15, 0.2) is 60.8 Å². The van der Waals surface area contributed by atoms with E-state index in [1.54, 1.807) is 35.1 Å². The Labute approximate surface area is 177 Å². The molecular weight excluding hydrogens is 415 g/mol. The summed E-state index contributed by atoms with van der Waals surface area (Å²) in [7, 11) is 1.86. The minimum Gasteiger partial charge on any atom is -0.363 e. The summed E-state index contributed by atoms with van der Waals surface area (Å²) in [6.45, 7) is 0.309. The fourth-order valence-corrected chi connectivity index (χ4v) is 3.78. The van der Waals surface area contributed by atoms with E-state index in [-0.39, 0.29) is 13.1 Å². The van der Waals surface area contributed by atoms with Gasteiger partial charge in [0, 0.05) is 52.4 Å². The minimum atomic E-state index is -0.412. The van der Waals surface area contributed by atoms with Crippen molar-refractivity contribution in [2.24, 2.45) is 7.05 Å². The topological polar surface area (TPSA) is 21.1 Å². The molecule has 1 aromatic heterocycles. The lowest BCUT2D eigenvalue weighted by atomic mass is 10.1. The van der Waals surface area contributed by atoms with Crippen LogP contribution in [0.5, 0.6) is 0 Å². The summed E-state index contributed by atoms with van der Waals surface area (Å²) < 4.78 is 30.7. The molecule has 0 aliphatic carbocycles. The Hall–Kier alpha value is -2.63. The zero-order chi connectivity index (χ0) is 20.5. The van der Waals surface area contributed by atoms with Gasteiger partial charge in [0.15, 0.2) is 0 Å². The van der Waals surface area contributed by atoms with Gasteiger partial charge in [-0.05, 0) is 42.5 Å². The molecule has 0 saturated carbocycles. The van der Waals surface area contributed by atoms with Crippen molar-refractivity contribution in [2.45, 2.75) is 13.1 Å². The molecule has 4 aromatic rings. The molecule has 0 unspecified atom stereocenters. The minimum absolute atomic E-state index is 0.155. The van der Waals surface area contributed by atoms with Crippen molar-refractivity contribution in [3.63, 3.8) is 0 Å². The first kappa shape index (κ1) is 19.7. The fraction of sp³-hybridized carbons (Fsp3) is 0.136. The molecule has 29 heavy (non-hydrogen) atoms. The molecule has 3 aromatic carbocycles. The quantitative estimate of drug-likeness (QED) is 0.366. The molecule has 0 atom stereocenters. The number of nitrogens with zero attached hydrogens (tertiary/aromatic N) is 3. The number of hydrogen-bond acceptors (Lipinski definition) is 2. The predicted octanol–water partition coefficient (Wildman–Crippen LogP) is 6.37. The van der Waals surface area contributed by atoms with Crippen LogP contribution in [0.1, 0.15) is 11.1 Å². The largest absolute Gasteiger partial charge is 0.363 e. The summed E-state index contributed by atoms with van der Waals surface area (Å²) in [5, 5.41) is 5.82. The molecule has 1 heterocycles. The fourth-order valence-electron chi connectivity index (χ4n) is 3.33. The Morgan fingerprint density at radius 3 is 2.03 bits per heavy atom.